The molecule has 0 amide bonds. The predicted molar refractivity (Wildman–Crippen MR) is 238 cm³/mol. The van der Waals surface area contributed by atoms with Crippen molar-refractivity contribution in [3.63, 3.8) is 0 Å². The molecule has 0 saturated heterocycles. The second kappa shape index (κ2) is 12.6. The molecule has 13 aromatic rings. The molecule has 6 nitrogen and oxygen atoms in total. The van der Waals surface area contributed by atoms with Crippen LogP contribution in [0.3, 0.4) is 0 Å². The minimum absolute atomic E-state index is 0.772. The van der Waals surface area contributed by atoms with E-state index in [1.54, 1.807) is 0 Å². The van der Waals surface area contributed by atoms with Crippen molar-refractivity contribution < 1.29 is 26.5 Å². The summed E-state index contributed by atoms with van der Waals surface area (Å²) in [4.78, 5) is 0. The van der Waals surface area contributed by atoms with Crippen molar-refractivity contribution in [3.05, 3.63) is 183 Å². The van der Waals surface area contributed by atoms with Crippen LogP contribution in [0.2, 0.25) is 0 Å². The number of furan rings is 6. The highest BCUT2D eigenvalue weighted by Gasteiger charge is 2.35. The van der Waals surface area contributed by atoms with E-state index in [-0.39, 0.29) is 0 Å². The van der Waals surface area contributed by atoms with E-state index in [1.165, 1.54) is 0 Å². The maximum Gasteiger partial charge on any atom is 0.134 e. The Bertz CT molecular complexity index is 3140. The molecule has 0 unspecified atom stereocenters. The third-order valence-corrected chi connectivity index (χ3v) is 12.0. The summed E-state index contributed by atoms with van der Waals surface area (Å²) in [5.41, 5.74) is 15.8. The molecule has 0 aliphatic heterocycles. The lowest BCUT2D eigenvalue weighted by Crippen LogP contribution is -2.01. The fourth-order valence-electron chi connectivity index (χ4n) is 9.39. The van der Waals surface area contributed by atoms with Gasteiger partial charge in [-0.2, -0.15) is 0 Å². The third-order valence-electron chi connectivity index (χ3n) is 12.0. The zero-order valence-electron chi connectivity index (χ0n) is 31.8. The van der Waals surface area contributed by atoms with Gasteiger partial charge < -0.3 is 26.5 Å². The van der Waals surface area contributed by atoms with Gasteiger partial charge in [-0.05, 0) is 36.4 Å². The van der Waals surface area contributed by atoms with Crippen LogP contribution in [0.15, 0.2) is 210 Å². The van der Waals surface area contributed by atoms with Crippen molar-refractivity contribution in [2.45, 2.75) is 0 Å². The Morgan fingerprint density at radius 2 is 0.333 bits per heavy atom. The van der Waals surface area contributed by atoms with Crippen LogP contribution < -0.4 is 0 Å². The highest BCUT2D eigenvalue weighted by atomic mass is 16.3. The lowest BCUT2D eigenvalue weighted by molar-refractivity contribution is 0.615. The molecule has 0 N–H and O–H groups in total. The van der Waals surface area contributed by atoms with Crippen molar-refractivity contribution in [2.75, 3.05) is 0 Å². The molecule has 6 aromatic heterocycles. The number of hydrogen-bond acceptors (Lipinski definition) is 6. The molecule has 0 saturated carbocycles. The van der Waals surface area contributed by atoms with Crippen molar-refractivity contribution in [3.8, 4) is 66.8 Å². The molecule has 0 atom stereocenters. The van der Waals surface area contributed by atoms with E-state index in [4.69, 9.17) is 26.5 Å². The van der Waals surface area contributed by atoms with Gasteiger partial charge in [0.2, 0.25) is 0 Å². The second-order valence-electron chi connectivity index (χ2n) is 15.1. The zero-order chi connectivity index (χ0) is 39.3. The first-order chi connectivity index (χ1) is 29.8. The fraction of sp³-hybridized carbons (Fsp3) is 0. The van der Waals surface area contributed by atoms with Gasteiger partial charge in [0.15, 0.2) is 0 Å². The maximum absolute atomic E-state index is 6.49. The van der Waals surface area contributed by atoms with Gasteiger partial charge >= 0.3 is 0 Å². The van der Waals surface area contributed by atoms with E-state index in [0.717, 1.165) is 133 Å². The molecule has 0 bridgehead atoms. The maximum atomic E-state index is 6.49. The molecule has 7 aromatic carbocycles. The predicted octanol–water partition coefficient (Wildman–Crippen LogP) is 16.2. The number of para-hydroxylation sites is 6. The lowest BCUT2D eigenvalue weighted by atomic mass is 9.74. The number of rotatable bonds is 6. The molecule has 6 heteroatoms. The van der Waals surface area contributed by atoms with Crippen LogP contribution in [0, 0.1) is 0 Å². The van der Waals surface area contributed by atoms with E-state index >= 15 is 0 Å². The van der Waals surface area contributed by atoms with E-state index in [0.29, 0.717) is 0 Å². The highest BCUT2D eigenvalue weighted by Crippen LogP contribution is 2.60. The molecule has 0 spiro atoms. The quantitative estimate of drug-likeness (QED) is 0.167. The summed E-state index contributed by atoms with van der Waals surface area (Å²) < 4.78 is 38.9. The molecule has 0 radical (unpaired) electrons. The summed E-state index contributed by atoms with van der Waals surface area (Å²) in [6.45, 7) is 0. The zero-order valence-corrected chi connectivity index (χ0v) is 31.8. The second-order valence-corrected chi connectivity index (χ2v) is 15.1. The van der Waals surface area contributed by atoms with Crippen LogP contribution in [-0.2, 0) is 0 Å². The average molecular weight is 775 g/mol. The van der Waals surface area contributed by atoms with Gasteiger partial charge in [0.05, 0.1) is 37.6 Å². The molecular weight excluding hydrogens is 745 g/mol. The molecule has 0 aliphatic carbocycles. The Labute approximate surface area is 341 Å². The Hall–Kier alpha value is -8.22. The number of benzene rings is 7. The smallest absolute Gasteiger partial charge is 0.134 e. The van der Waals surface area contributed by atoms with Crippen LogP contribution in [0.4, 0.5) is 0 Å². The SMILES string of the molecule is c1ccc2c(-c3c(-c4coc5ccccc45)c(-c4coc5ccccc45)c(-c4coc5ccccc45)c(-c4coc5ccccc45)c3-c3coc4ccccc34)coc2c1. The molecule has 0 fully saturated rings. The van der Waals surface area contributed by atoms with Gasteiger partial charge in [-0.15, -0.1) is 0 Å². The summed E-state index contributed by atoms with van der Waals surface area (Å²) in [5, 5.41) is 5.80. The molecule has 282 valence electrons. The first-order valence-electron chi connectivity index (χ1n) is 19.8. The molecule has 13 rings (SSSR count). The summed E-state index contributed by atoms with van der Waals surface area (Å²) in [6, 6.07) is 49.2. The first kappa shape index (κ1) is 32.8. The van der Waals surface area contributed by atoms with Crippen LogP contribution in [0.1, 0.15) is 0 Å². The van der Waals surface area contributed by atoms with Gasteiger partial charge in [0.25, 0.3) is 0 Å². The van der Waals surface area contributed by atoms with Crippen molar-refractivity contribution in [1.29, 1.82) is 0 Å². The van der Waals surface area contributed by atoms with Crippen molar-refractivity contribution in [2.24, 2.45) is 0 Å². The monoisotopic (exact) mass is 774 g/mol. The molecular formula is C54H30O6. The first-order valence-corrected chi connectivity index (χ1v) is 19.8. The highest BCUT2D eigenvalue weighted by molar-refractivity contribution is 6.25. The molecule has 60 heavy (non-hydrogen) atoms. The van der Waals surface area contributed by atoms with E-state index in [9.17, 15) is 0 Å². The molecule has 6 heterocycles. The van der Waals surface area contributed by atoms with Gasteiger partial charge in [0, 0.05) is 99.1 Å². The lowest BCUT2D eigenvalue weighted by Gasteiger charge is -2.26. The minimum atomic E-state index is 0.772. The minimum Gasteiger partial charge on any atom is -0.464 e. The van der Waals surface area contributed by atoms with Crippen molar-refractivity contribution >= 4 is 65.8 Å². The normalized spacial score (nSPS) is 12.0. The van der Waals surface area contributed by atoms with Crippen molar-refractivity contribution in [1.82, 2.24) is 0 Å². The number of hydrogen-bond donors (Lipinski definition) is 0. The fourth-order valence-corrected chi connectivity index (χ4v) is 9.39. The summed E-state index contributed by atoms with van der Waals surface area (Å²) in [7, 11) is 0. The van der Waals surface area contributed by atoms with Crippen LogP contribution in [0.25, 0.3) is 133 Å². The van der Waals surface area contributed by atoms with Gasteiger partial charge in [-0.3, -0.25) is 0 Å². The van der Waals surface area contributed by atoms with Gasteiger partial charge in [-0.25, -0.2) is 0 Å². The van der Waals surface area contributed by atoms with E-state index in [2.05, 4.69) is 72.8 Å². The third kappa shape index (κ3) is 4.64. The van der Waals surface area contributed by atoms with Gasteiger partial charge in [-0.1, -0.05) is 109 Å². The summed E-state index contributed by atoms with van der Waals surface area (Å²) in [5.74, 6) is 0. The van der Waals surface area contributed by atoms with E-state index in [1.807, 2.05) is 110 Å². The molecule has 0 aliphatic rings. The van der Waals surface area contributed by atoms with Gasteiger partial charge in [0.1, 0.15) is 33.5 Å². The average Bonchev–Trinajstić information content (AvgIpc) is 4.17. The topological polar surface area (TPSA) is 78.8 Å². The standard InChI is InChI=1S/C54H30O6/c1-7-19-43-31(13-1)37(25-55-43)49-50(38-26-56-44-20-8-2-14-32(38)44)52(40-28-58-46-22-10-4-16-34(40)46)54(42-30-60-48-24-12-6-18-36(42)48)53(41-29-59-47-23-11-5-17-35(41)47)51(49)39-27-57-45-21-9-3-15-33(39)45/h1-30H. The Morgan fingerprint density at radius 3 is 0.500 bits per heavy atom. The number of fused-ring (bicyclic) bond motifs is 6. The largest absolute Gasteiger partial charge is 0.464 e. The Kier molecular flexibility index (Phi) is 6.91. The van der Waals surface area contributed by atoms with Crippen LogP contribution in [0.5, 0.6) is 0 Å². The van der Waals surface area contributed by atoms with E-state index < -0.39 is 0 Å². The Morgan fingerprint density at radius 1 is 0.183 bits per heavy atom. The van der Waals surface area contributed by atoms with Crippen LogP contribution >= 0.6 is 0 Å². The summed E-state index contributed by atoms with van der Waals surface area (Å²) in [6.07, 6.45) is 11.3. The van der Waals surface area contributed by atoms with Crippen LogP contribution in [-0.4, -0.2) is 0 Å². The summed E-state index contributed by atoms with van der Waals surface area (Å²) >= 11 is 0. The Balaban J connectivity index is 1.38.